The molecule has 2 heteroatoms. The van der Waals surface area contributed by atoms with Gasteiger partial charge in [-0.1, -0.05) is 36.4 Å². The van der Waals surface area contributed by atoms with Crippen LogP contribution in [0.2, 0.25) is 0 Å². The molecule has 0 amide bonds. The summed E-state index contributed by atoms with van der Waals surface area (Å²) in [5.41, 5.74) is 4.25. The zero-order chi connectivity index (χ0) is 13.1. The standard InChI is InChI=1S/C17H19NO/c1-19-17-8-7-15-9-10-18(13-16(15)11-17)12-14-5-3-2-4-6-14/h2-8,11H,9-10,12-13H2,1H3. The molecule has 1 aliphatic heterocycles. The van der Waals surface area contributed by atoms with E-state index in [-0.39, 0.29) is 0 Å². The van der Waals surface area contributed by atoms with Crippen molar-refractivity contribution < 1.29 is 4.74 Å². The van der Waals surface area contributed by atoms with Crippen LogP contribution in [0.3, 0.4) is 0 Å². The molecule has 0 spiro atoms. The quantitative estimate of drug-likeness (QED) is 0.832. The second-order valence-electron chi connectivity index (χ2n) is 5.08. The molecule has 0 aliphatic carbocycles. The molecule has 3 rings (SSSR count). The number of benzene rings is 2. The monoisotopic (exact) mass is 253 g/mol. The maximum absolute atomic E-state index is 5.32. The van der Waals surface area contributed by atoms with Crippen LogP contribution in [0, 0.1) is 0 Å². The summed E-state index contributed by atoms with van der Waals surface area (Å²) >= 11 is 0. The van der Waals surface area contributed by atoms with Crippen LogP contribution in [0.1, 0.15) is 16.7 Å². The third kappa shape index (κ3) is 2.79. The maximum atomic E-state index is 5.32. The van der Waals surface area contributed by atoms with Crippen molar-refractivity contribution in [2.75, 3.05) is 13.7 Å². The summed E-state index contributed by atoms with van der Waals surface area (Å²) in [6.07, 6.45) is 1.13. The Labute approximate surface area is 114 Å². The van der Waals surface area contributed by atoms with Crippen LogP contribution in [0.15, 0.2) is 48.5 Å². The topological polar surface area (TPSA) is 12.5 Å². The van der Waals surface area contributed by atoms with E-state index >= 15 is 0 Å². The average molecular weight is 253 g/mol. The first-order valence-corrected chi connectivity index (χ1v) is 6.77. The van der Waals surface area contributed by atoms with E-state index in [1.807, 2.05) is 0 Å². The number of nitrogens with zero attached hydrogens (tertiary/aromatic N) is 1. The third-order valence-corrected chi connectivity index (χ3v) is 3.75. The summed E-state index contributed by atoms with van der Waals surface area (Å²) in [6, 6.07) is 17.1. The fourth-order valence-corrected chi connectivity index (χ4v) is 2.70. The zero-order valence-corrected chi connectivity index (χ0v) is 11.3. The van der Waals surface area contributed by atoms with Crippen molar-refractivity contribution in [2.45, 2.75) is 19.5 Å². The molecule has 2 aromatic carbocycles. The summed E-state index contributed by atoms with van der Waals surface area (Å²) in [5, 5.41) is 0. The minimum Gasteiger partial charge on any atom is -0.497 e. The first-order chi connectivity index (χ1) is 9.35. The van der Waals surface area contributed by atoms with Gasteiger partial charge in [0.2, 0.25) is 0 Å². The van der Waals surface area contributed by atoms with E-state index in [1.165, 1.54) is 16.7 Å². The SMILES string of the molecule is COc1ccc2c(c1)CN(Cc1ccccc1)CC2. The number of hydrogen-bond donors (Lipinski definition) is 0. The van der Waals surface area contributed by atoms with Crippen LogP contribution in [0.4, 0.5) is 0 Å². The number of ether oxygens (including phenoxy) is 1. The smallest absolute Gasteiger partial charge is 0.119 e. The van der Waals surface area contributed by atoms with Crippen LogP contribution in [-0.2, 0) is 19.5 Å². The van der Waals surface area contributed by atoms with E-state index in [2.05, 4.69) is 53.4 Å². The summed E-state index contributed by atoms with van der Waals surface area (Å²) in [5.74, 6) is 0.959. The molecule has 2 nitrogen and oxygen atoms in total. The molecule has 0 atom stereocenters. The molecule has 1 aliphatic rings. The molecular weight excluding hydrogens is 234 g/mol. The van der Waals surface area contributed by atoms with Gasteiger partial charge < -0.3 is 4.74 Å². The van der Waals surface area contributed by atoms with Crippen LogP contribution in [-0.4, -0.2) is 18.6 Å². The molecule has 0 saturated carbocycles. The van der Waals surface area contributed by atoms with Crippen molar-refractivity contribution in [1.82, 2.24) is 4.90 Å². The number of methoxy groups -OCH3 is 1. The second kappa shape index (κ2) is 5.45. The lowest BCUT2D eigenvalue weighted by Gasteiger charge is -2.29. The number of fused-ring (bicyclic) bond motifs is 1. The molecule has 0 aromatic heterocycles. The van der Waals surface area contributed by atoms with E-state index in [9.17, 15) is 0 Å². The van der Waals surface area contributed by atoms with Crippen molar-refractivity contribution in [3.8, 4) is 5.75 Å². The van der Waals surface area contributed by atoms with Gasteiger partial charge in [0.05, 0.1) is 7.11 Å². The highest BCUT2D eigenvalue weighted by atomic mass is 16.5. The largest absolute Gasteiger partial charge is 0.497 e. The fraction of sp³-hybridized carbons (Fsp3) is 0.294. The maximum Gasteiger partial charge on any atom is 0.119 e. The van der Waals surface area contributed by atoms with E-state index in [0.29, 0.717) is 0 Å². The molecule has 0 fully saturated rings. The predicted octanol–water partition coefficient (Wildman–Crippen LogP) is 3.25. The van der Waals surface area contributed by atoms with Gasteiger partial charge in [-0.2, -0.15) is 0 Å². The van der Waals surface area contributed by atoms with Crippen molar-refractivity contribution in [3.05, 3.63) is 65.2 Å². The first kappa shape index (κ1) is 12.2. The van der Waals surface area contributed by atoms with Crippen molar-refractivity contribution in [2.24, 2.45) is 0 Å². The predicted molar refractivity (Wildman–Crippen MR) is 77.3 cm³/mol. The lowest BCUT2D eigenvalue weighted by atomic mass is 9.99. The second-order valence-corrected chi connectivity index (χ2v) is 5.08. The summed E-state index contributed by atoms with van der Waals surface area (Å²) in [7, 11) is 1.73. The van der Waals surface area contributed by atoms with Crippen LogP contribution in [0.25, 0.3) is 0 Å². The van der Waals surface area contributed by atoms with Crippen molar-refractivity contribution >= 4 is 0 Å². The Morgan fingerprint density at radius 2 is 1.89 bits per heavy atom. The molecular formula is C17H19NO. The van der Waals surface area contributed by atoms with E-state index in [4.69, 9.17) is 4.74 Å². The Hall–Kier alpha value is -1.80. The van der Waals surface area contributed by atoms with Crippen molar-refractivity contribution in [3.63, 3.8) is 0 Å². The molecule has 98 valence electrons. The summed E-state index contributed by atoms with van der Waals surface area (Å²) in [6.45, 7) is 3.17. The molecule has 0 bridgehead atoms. The average Bonchev–Trinajstić information content (AvgIpc) is 2.47. The Morgan fingerprint density at radius 3 is 2.68 bits per heavy atom. The van der Waals surface area contributed by atoms with Gasteiger partial charge in [0.25, 0.3) is 0 Å². The van der Waals surface area contributed by atoms with E-state index in [0.717, 1.165) is 31.8 Å². The zero-order valence-electron chi connectivity index (χ0n) is 11.3. The molecule has 0 radical (unpaired) electrons. The first-order valence-electron chi connectivity index (χ1n) is 6.77. The molecule has 0 saturated heterocycles. The number of hydrogen-bond acceptors (Lipinski definition) is 2. The van der Waals surface area contributed by atoms with E-state index in [1.54, 1.807) is 7.11 Å². The van der Waals surface area contributed by atoms with Gasteiger partial charge >= 0.3 is 0 Å². The highest BCUT2D eigenvalue weighted by Gasteiger charge is 2.16. The summed E-state index contributed by atoms with van der Waals surface area (Å²) in [4.78, 5) is 2.50. The van der Waals surface area contributed by atoms with Gasteiger partial charge in [-0.15, -0.1) is 0 Å². The molecule has 0 N–H and O–H groups in total. The molecule has 19 heavy (non-hydrogen) atoms. The van der Waals surface area contributed by atoms with Crippen LogP contribution in [0.5, 0.6) is 5.75 Å². The molecule has 0 unspecified atom stereocenters. The lowest BCUT2D eigenvalue weighted by Crippen LogP contribution is -2.30. The Kier molecular flexibility index (Phi) is 3.51. The highest BCUT2D eigenvalue weighted by Crippen LogP contribution is 2.24. The minimum atomic E-state index is 0.959. The Bertz CT molecular complexity index is 550. The Balaban J connectivity index is 1.74. The fourth-order valence-electron chi connectivity index (χ4n) is 2.70. The van der Waals surface area contributed by atoms with Crippen LogP contribution < -0.4 is 4.74 Å². The van der Waals surface area contributed by atoms with Gasteiger partial charge in [0, 0.05) is 19.6 Å². The minimum absolute atomic E-state index is 0.959. The van der Waals surface area contributed by atoms with E-state index < -0.39 is 0 Å². The summed E-state index contributed by atoms with van der Waals surface area (Å²) < 4.78 is 5.32. The normalized spacial score (nSPS) is 15.0. The molecule has 1 heterocycles. The van der Waals surface area contributed by atoms with Crippen molar-refractivity contribution in [1.29, 1.82) is 0 Å². The lowest BCUT2D eigenvalue weighted by molar-refractivity contribution is 0.245. The van der Waals surface area contributed by atoms with Gasteiger partial charge in [-0.3, -0.25) is 4.90 Å². The highest BCUT2D eigenvalue weighted by molar-refractivity contribution is 5.37. The molecule has 2 aromatic rings. The van der Waals surface area contributed by atoms with Gasteiger partial charge in [-0.05, 0) is 35.2 Å². The number of rotatable bonds is 3. The third-order valence-electron chi connectivity index (χ3n) is 3.75. The van der Waals surface area contributed by atoms with Gasteiger partial charge in [-0.25, -0.2) is 0 Å². The Morgan fingerprint density at radius 1 is 1.05 bits per heavy atom. The van der Waals surface area contributed by atoms with Crippen LogP contribution >= 0.6 is 0 Å². The van der Waals surface area contributed by atoms with Gasteiger partial charge in [0.15, 0.2) is 0 Å². The van der Waals surface area contributed by atoms with Gasteiger partial charge in [0.1, 0.15) is 5.75 Å².